The van der Waals surface area contributed by atoms with Gasteiger partial charge >= 0.3 is 5.97 Å². The Kier molecular flexibility index (Phi) is 3.75. The van der Waals surface area contributed by atoms with E-state index >= 15 is 0 Å². The Hall–Kier alpha value is -1.40. The fraction of sp³-hybridized carbons (Fsp3) is 0.467. The van der Waals surface area contributed by atoms with Crippen LogP contribution in [0.5, 0.6) is 0 Å². The number of hydrogen-bond acceptors (Lipinski definition) is 3. The highest BCUT2D eigenvalue weighted by molar-refractivity contribution is 9.10. The zero-order chi connectivity index (χ0) is 15.0. The summed E-state index contributed by atoms with van der Waals surface area (Å²) in [5, 5.41) is 12.0. The molecule has 3 rings (SSSR count). The van der Waals surface area contributed by atoms with Gasteiger partial charge in [0.15, 0.2) is 5.54 Å². The van der Waals surface area contributed by atoms with Gasteiger partial charge in [-0.3, -0.25) is 4.79 Å². The molecule has 1 aromatic carbocycles. The molecule has 0 radical (unpaired) electrons. The fourth-order valence-corrected chi connectivity index (χ4v) is 3.04. The molecule has 6 heteroatoms. The van der Waals surface area contributed by atoms with Gasteiger partial charge in [-0.2, -0.15) is 0 Å². The zero-order valence-electron chi connectivity index (χ0n) is 11.3. The lowest BCUT2D eigenvalue weighted by atomic mass is 9.98. The lowest BCUT2D eigenvalue weighted by Gasteiger charge is -2.23. The van der Waals surface area contributed by atoms with Gasteiger partial charge in [0, 0.05) is 23.4 Å². The summed E-state index contributed by atoms with van der Waals surface area (Å²) < 4.78 is 6.15. The van der Waals surface area contributed by atoms with Gasteiger partial charge in [0.05, 0.1) is 6.61 Å². The van der Waals surface area contributed by atoms with Crippen LogP contribution in [0, 0.1) is 5.92 Å². The van der Waals surface area contributed by atoms with Crippen molar-refractivity contribution in [3.05, 3.63) is 34.3 Å². The fourth-order valence-electron chi connectivity index (χ4n) is 2.78. The van der Waals surface area contributed by atoms with Gasteiger partial charge in [-0.05, 0) is 30.0 Å². The van der Waals surface area contributed by atoms with Crippen LogP contribution in [0.3, 0.4) is 0 Å². The van der Waals surface area contributed by atoms with Crippen molar-refractivity contribution in [1.29, 1.82) is 0 Å². The number of ether oxygens (including phenoxy) is 1. The van der Waals surface area contributed by atoms with Crippen LogP contribution >= 0.6 is 15.9 Å². The Labute approximate surface area is 130 Å². The molecule has 1 saturated carbocycles. The molecule has 1 aromatic rings. The minimum Gasteiger partial charge on any atom is -0.479 e. The predicted molar refractivity (Wildman–Crippen MR) is 78.9 cm³/mol. The molecule has 2 aliphatic rings. The molecular weight excluding hydrogens is 338 g/mol. The molecule has 112 valence electrons. The van der Waals surface area contributed by atoms with Crippen LogP contribution in [0.2, 0.25) is 0 Å². The molecule has 5 nitrogen and oxygen atoms in total. The van der Waals surface area contributed by atoms with Crippen LogP contribution in [0.1, 0.15) is 24.3 Å². The minimum absolute atomic E-state index is 0.0454. The summed E-state index contributed by atoms with van der Waals surface area (Å²) in [4.78, 5) is 23.7. The van der Waals surface area contributed by atoms with Crippen molar-refractivity contribution in [3.8, 4) is 0 Å². The number of hydrogen-bond donors (Lipinski definition) is 2. The first-order chi connectivity index (χ1) is 10.0. The number of carboxylic acid groups (broad SMARTS) is 1. The first kappa shape index (κ1) is 14.5. The summed E-state index contributed by atoms with van der Waals surface area (Å²) >= 11 is 3.38. The van der Waals surface area contributed by atoms with E-state index in [9.17, 15) is 14.7 Å². The van der Waals surface area contributed by atoms with Gasteiger partial charge in [-0.25, -0.2) is 4.79 Å². The molecule has 0 spiro atoms. The van der Waals surface area contributed by atoms with E-state index in [0.717, 1.165) is 16.5 Å². The summed E-state index contributed by atoms with van der Waals surface area (Å²) in [6, 6.07) is 7.89. The van der Waals surface area contributed by atoms with Crippen molar-refractivity contribution >= 4 is 27.8 Å². The SMILES string of the molecule is O=C(NC1(C(=O)O)CCOC1)C1CC1c1ccc(Br)cc1. The number of carbonyl (C=O) groups is 2. The second-order valence-corrected chi connectivity index (χ2v) is 6.60. The molecule has 0 bridgehead atoms. The smallest absolute Gasteiger partial charge is 0.331 e. The van der Waals surface area contributed by atoms with Crippen LogP contribution in [-0.2, 0) is 14.3 Å². The molecular formula is C15H16BrNO4. The number of carboxylic acids is 1. The zero-order valence-corrected chi connectivity index (χ0v) is 12.9. The summed E-state index contributed by atoms with van der Waals surface area (Å²) in [6.45, 7) is 0.414. The molecule has 3 unspecified atom stereocenters. The highest BCUT2D eigenvalue weighted by Gasteiger charge is 2.50. The van der Waals surface area contributed by atoms with Gasteiger partial charge in [-0.1, -0.05) is 28.1 Å². The van der Waals surface area contributed by atoms with Crippen molar-refractivity contribution in [2.24, 2.45) is 5.92 Å². The summed E-state index contributed by atoms with van der Waals surface area (Å²) in [5.41, 5.74) is -0.130. The van der Waals surface area contributed by atoms with Crippen molar-refractivity contribution in [3.63, 3.8) is 0 Å². The molecule has 21 heavy (non-hydrogen) atoms. The normalized spacial score (nSPS) is 30.9. The summed E-state index contributed by atoms with van der Waals surface area (Å²) in [5.74, 6) is -1.15. The maximum Gasteiger partial charge on any atom is 0.331 e. The van der Waals surface area contributed by atoms with Gasteiger partial charge in [0.25, 0.3) is 0 Å². The Morgan fingerprint density at radius 2 is 2.05 bits per heavy atom. The second kappa shape index (κ2) is 5.42. The van der Waals surface area contributed by atoms with E-state index in [1.54, 1.807) is 0 Å². The minimum atomic E-state index is -1.25. The van der Waals surface area contributed by atoms with E-state index in [4.69, 9.17) is 4.74 Å². The number of nitrogens with one attached hydrogen (secondary N) is 1. The lowest BCUT2D eigenvalue weighted by Crippen LogP contribution is -2.55. The third-order valence-corrected chi connectivity index (χ3v) is 4.75. The highest BCUT2D eigenvalue weighted by Crippen LogP contribution is 2.48. The van der Waals surface area contributed by atoms with E-state index in [1.165, 1.54) is 0 Å². The Bertz CT molecular complexity index is 566. The average Bonchev–Trinajstić information content (AvgIpc) is 3.12. The molecule has 1 saturated heterocycles. The summed E-state index contributed by atoms with van der Waals surface area (Å²) in [7, 11) is 0. The number of rotatable bonds is 4. The predicted octanol–water partition coefficient (Wildman–Crippen LogP) is 1.91. The first-order valence-corrected chi connectivity index (χ1v) is 7.70. The topological polar surface area (TPSA) is 75.6 Å². The third-order valence-electron chi connectivity index (χ3n) is 4.22. The maximum atomic E-state index is 12.3. The Morgan fingerprint density at radius 3 is 2.62 bits per heavy atom. The number of benzene rings is 1. The van der Waals surface area contributed by atoms with E-state index < -0.39 is 11.5 Å². The van der Waals surface area contributed by atoms with Crippen LogP contribution in [0.15, 0.2) is 28.7 Å². The average molecular weight is 354 g/mol. The van der Waals surface area contributed by atoms with E-state index in [1.807, 2.05) is 24.3 Å². The number of amides is 1. The molecule has 1 heterocycles. The monoisotopic (exact) mass is 353 g/mol. The molecule has 1 amide bonds. The molecule has 3 atom stereocenters. The van der Waals surface area contributed by atoms with Crippen LogP contribution in [0.4, 0.5) is 0 Å². The van der Waals surface area contributed by atoms with Crippen LogP contribution in [-0.4, -0.2) is 35.7 Å². The lowest BCUT2D eigenvalue weighted by molar-refractivity contribution is -0.147. The molecule has 0 aromatic heterocycles. The summed E-state index contributed by atoms with van der Waals surface area (Å²) in [6.07, 6.45) is 1.09. The Morgan fingerprint density at radius 1 is 1.33 bits per heavy atom. The van der Waals surface area contributed by atoms with Crippen LogP contribution < -0.4 is 5.32 Å². The largest absolute Gasteiger partial charge is 0.479 e. The molecule has 2 N–H and O–H groups in total. The second-order valence-electron chi connectivity index (χ2n) is 5.68. The van der Waals surface area contributed by atoms with Crippen molar-refractivity contribution in [1.82, 2.24) is 5.32 Å². The van der Waals surface area contributed by atoms with Gasteiger partial charge < -0.3 is 15.2 Å². The van der Waals surface area contributed by atoms with Gasteiger partial charge in [-0.15, -0.1) is 0 Å². The highest BCUT2D eigenvalue weighted by atomic mass is 79.9. The number of halogens is 1. The van der Waals surface area contributed by atoms with Crippen LogP contribution in [0.25, 0.3) is 0 Å². The maximum absolute atomic E-state index is 12.3. The van der Waals surface area contributed by atoms with Crippen molar-refractivity contribution in [2.75, 3.05) is 13.2 Å². The first-order valence-electron chi connectivity index (χ1n) is 6.90. The van der Waals surface area contributed by atoms with E-state index in [-0.39, 0.29) is 24.3 Å². The van der Waals surface area contributed by atoms with E-state index in [2.05, 4.69) is 21.2 Å². The molecule has 1 aliphatic carbocycles. The third kappa shape index (κ3) is 2.82. The van der Waals surface area contributed by atoms with Gasteiger partial charge in [0.1, 0.15) is 0 Å². The Balaban J connectivity index is 1.65. The van der Waals surface area contributed by atoms with Crippen molar-refractivity contribution < 1.29 is 19.4 Å². The van der Waals surface area contributed by atoms with Crippen molar-refractivity contribution in [2.45, 2.75) is 24.3 Å². The quantitative estimate of drug-likeness (QED) is 0.866. The van der Waals surface area contributed by atoms with Gasteiger partial charge in [0.2, 0.25) is 5.91 Å². The standard InChI is InChI=1S/C15H16BrNO4/c16-10-3-1-9(2-4-10)11-7-12(11)13(18)17-15(14(19)20)5-6-21-8-15/h1-4,11-12H,5-8H2,(H,17,18)(H,19,20). The molecule has 2 fully saturated rings. The number of carbonyl (C=O) groups excluding carboxylic acids is 1. The van der Waals surface area contributed by atoms with E-state index in [0.29, 0.717) is 13.0 Å². The number of aliphatic carboxylic acids is 1. The molecule has 1 aliphatic heterocycles.